The van der Waals surface area contributed by atoms with E-state index >= 15 is 0 Å². The number of rotatable bonds is 5. The van der Waals surface area contributed by atoms with Crippen molar-refractivity contribution in [1.82, 2.24) is 0 Å². The third-order valence-corrected chi connectivity index (χ3v) is 2.23. The van der Waals surface area contributed by atoms with E-state index in [2.05, 4.69) is 0 Å². The molecule has 0 unspecified atom stereocenters. The minimum absolute atomic E-state index is 0.0328. The van der Waals surface area contributed by atoms with Crippen LogP contribution in [-0.2, 0) is 19.0 Å². The lowest BCUT2D eigenvalue weighted by molar-refractivity contribution is -0.153. The van der Waals surface area contributed by atoms with Crippen LogP contribution < -0.4 is 0 Å². The van der Waals surface area contributed by atoms with Gasteiger partial charge in [-0.25, -0.2) is 0 Å². The molecule has 0 aromatic heterocycles. The highest BCUT2D eigenvalue weighted by molar-refractivity contribution is 5.72. The van der Waals surface area contributed by atoms with E-state index in [0.717, 1.165) is 12.8 Å². The van der Waals surface area contributed by atoms with Gasteiger partial charge >= 0.3 is 5.97 Å². The Morgan fingerprint density at radius 1 is 1.36 bits per heavy atom. The van der Waals surface area contributed by atoms with Crippen molar-refractivity contribution >= 4 is 5.97 Å². The summed E-state index contributed by atoms with van der Waals surface area (Å²) in [6, 6.07) is 0. The van der Waals surface area contributed by atoms with Gasteiger partial charge in [0.2, 0.25) is 0 Å². The maximum atomic E-state index is 11.4. The maximum absolute atomic E-state index is 11.4. The Labute approximate surface area is 84.5 Å². The van der Waals surface area contributed by atoms with Gasteiger partial charge in [0.1, 0.15) is 6.61 Å². The van der Waals surface area contributed by atoms with E-state index in [1.165, 1.54) is 0 Å². The van der Waals surface area contributed by atoms with E-state index in [4.69, 9.17) is 14.2 Å². The summed E-state index contributed by atoms with van der Waals surface area (Å²) >= 11 is 0. The fourth-order valence-electron chi connectivity index (χ4n) is 1.40. The summed E-state index contributed by atoms with van der Waals surface area (Å²) in [6.07, 6.45) is 1.57. The molecule has 4 heteroatoms. The lowest BCUT2D eigenvalue weighted by Gasteiger charge is -2.20. The van der Waals surface area contributed by atoms with Gasteiger partial charge in [-0.2, -0.15) is 0 Å². The molecular formula is C10H18O4. The van der Waals surface area contributed by atoms with Gasteiger partial charge in [0.05, 0.1) is 12.5 Å². The van der Waals surface area contributed by atoms with Crippen molar-refractivity contribution in [2.24, 2.45) is 5.92 Å². The zero-order valence-corrected chi connectivity index (χ0v) is 8.66. The van der Waals surface area contributed by atoms with Crippen molar-refractivity contribution < 1.29 is 19.0 Å². The van der Waals surface area contributed by atoms with E-state index < -0.39 is 0 Å². The average Bonchev–Trinajstić information content (AvgIpc) is 2.25. The molecule has 0 radical (unpaired) electrons. The molecule has 1 saturated heterocycles. The van der Waals surface area contributed by atoms with Crippen molar-refractivity contribution in [3.63, 3.8) is 0 Å². The third kappa shape index (κ3) is 4.07. The van der Waals surface area contributed by atoms with Crippen LogP contribution in [0.5, 0.6) is 0 Å². The van der Waals surface area contributed by atoms with Crippen LogP contribution in [0, 0.1) is 5.92 Å². The van der Waals surface area contributed by atoms with Crippen LogP contribution >= 0.6 is 0 Å². The first-order chi connectivity index (χ1) is 6.84. The van der Waals surface area contributed by atoms with E-state index in [9.17, 15) is 4.79 Å². The monoisotopic (exact) mass is 202 g/mol. The molecule has 4 nitrogen and oxygen atoms in total. The topological polar surface area (TPSA) is 44.8 Å². The number of esters is 1. The lowest BCUT2D eigenvalue weighted by atomic mass is 10.0. The highest BCUT2D eigenvalue weighted by Gasteiger charge is 2.22. The summed E-state index contributed by atoms with van der Waals surface area (Å²) in [5.41, 5.74) is 0. The molecule has 0 saturated carbocycles. The van der Waals surface area contributed by atoms with Gasteiger partial charge in [0.25, 0.3) is 0 Å². The quantitative estimate of drug-likeness (QED) is 0.492. The van der Waals surface area contributed by atoms with Gasteiger partial charge in [-0.1, -0.05) is 0 Å². The number of carbonyl (C=O) groups excluding carboxylic acids is 1. The van der Waals surface area contributed by atoms with Crippen molar-refractivity contribution in [3.8, 4) is 0 Å². The molecule has 0 aromatic carbocycles. The number of hydrogen-bond acceptors (Lipinski definition) is 4. The molecule has 0 bridgehead atoms. The van der Waals surface area contributed by atoms with Crippen LogP contribution in [0.3, 0.4) is 0 Å². The van der Waals surface area contributed by atoms with E-state index in [-0.39, 0.29) is 11.9 Å². The molecule has 0 N–H and O–H groups in total. The van der Waals surface area contributed by atoms with Gasteiger partial charge in [-0.15, -0.1) is 0 Å². The summed E-state index contributed by atoms with van der Waals surface area (Å²) in [6.45, 7) is 4.78. The van der Waals surface area contributed by atoms with Crippen LogP contribution in [0.1, 0.15) is 19.8 Å². The van der Waals surface area contributed by atoms with Crippen LogP contribution in [0.4, 0.5) is 0 Å². The summed E-state index contributed by atoms with van der Waals surface area (Å²) in [5, 5.41) is 0. The van der Waals surface area contributed by atoms with E-state index in [1.54, 1.807) is 0 Å². The molecule has 0 aromatic rings. The van der Waals surface area contributed by atoms with Gasteiger partial charge in [-0.05, 0) is 19.8 Å². The zero-order chi connectivity index (χ0) is 10.2. The molecule has 14 heavy (non-hydrogen) atoms. The first kappa shape index (κ1) is 11.5. The van der Waals surface area contributed by atoms with Gasteiger partial charge in [0, 0.05) is 19.8 Å². The molecule has 1 rings (SSSR count). The van der Waals surface area contributed by atoms with Crippen molar-refractivity contribution in [1.29, 1.82) is 0 Å². The van der Waals surface area contributed by atoms with Crippen molar-refractivity contribution in [2.45, 2.75) is 19.8 Å². The summed E-state index contributed by atoms with van der Waals surface area (Å²) in [4.78, 5) is 11.4. The Balaban J connectivity index is 2.07. The zero-order valence-electron chi connectivity index (χ0n) is 8.66. The van der Waals surface area contributed by atoms with Crippen molar-refractivity contribution in [3.05, 3.63) is 0 Å². The van der Waals surface area contributed by atoms with Crippen molar-refractivity contribution in [2.75, 3.05) is 33.0 Å². The Kier molecular flexibility index (Phi) is 5.56. The van der Waals surface area contributed by atoms with E-state index in [1.807, 2.05) is 6.92 Å². The maximum Gasteiger partial charge on any atom is 0.309 e. The predicted molar refractivity (Wildman–Crippen MR) is 51.0 cm³/mol. The molecule has 0 spiro atoms. The second-order valence-corrected chi connectivity index (χ2v) is 3.25. The standard InChI is InChI=1S/C10H18O4/c1-2-12-7-8-14-10(11)9-3-5-13-6-4-9/h9H,2-8H2,1H3. The fourth-order valence-corrected chi connectivity index (χ4v) is 1.40. The van der Waals surface area contributed by atoms with Crippen LogP contribution in [-0.4, -0.2) is 39.0 Å². The Hall–Kier alpha value is -0.610. The molecule has 1 aliphatic rings. The Morgan fingerprint density at radius 2 is 2.07 bits per heavy atom. The second-order valence-electron chi connectivity index (χ2n) is 3.25. The van der Waals surface area contributed by atoms with Gasteiger partial charge < -0.3 is 14.2 Å². The number of carbonyl (C=O) groups is 1. The largest absolute Gasteiger partial charge is 0.463 e. The fraction of sp³-hybridized carbons (Fsp3) is 0.900. The first-order valence-corrected chi connectivity index (χ1v) is 5.16. The average molecular weight is 202 g/mol. The smallest absolute Gasteiger partial charge is 0.309 e. The van der Waals surface area contributed by atoms with Gasteiger partial charge in [0.15, 0.2) is 0 Å². The lowest BCUT2D eigenvalue weighted by Crippen LogP contribution is -2.26. The number of hydrogen-bond donors (Lipinski definition) is 0. The minimum Gasteiger partial charge on any atom is -0.463 e. The molecule has 82 valence electrons. The molecule has 1 heterocycles. The molecule has 1 aliphatic heterocycles. The molecular weight excluding hydrogens is 184 g/mol. The number of ether oxygens (including phenoxy) is 3. The van der Waals surface area contributed by atoms with Crippen LogP contribution in [0.15, 0.2) is 0 Å². The van der Waals surface area contributed by atoms with E-state index in [0.29, 0.717) is 33.0 Å². The molecule has 0 aliphatic carbocycles. The second kappa shape index (κ2) is 6.79. The summed E-state index contributed by atoms with van der Waals surface area (Å²) < 4.78 is 15.3. The first-order valence-electron chi connectivity index (χ1n) is 5.16. The third-order valence-electron chi connectivity index (χ3n) is 2.23. The molecule has 0 atom stereocenters. The highest BCUT2D eigenvalue weighted by Crippen LogP contribution is 2.15. The van der Waals surface area contributed by atoms with Crippen LogP contribution in [0.2, 0.25) is 0 Å². The van der Waals surface area contributed by atoms with Gasteiger partial charge in [-0.3, -0.25) is 4.79 Å². The summed E-state index contributed by atoms with van der Waals surface area (Å²) in [5.74, 6) is -0.0709. The SMILES string of the molecule is CCOCCOC(=O)C1CCOCC1. The summed E-state index contributed by atoms with van der Waals surface area (Å²) in [7, 11) is 0. The predicted octanol–water partition coefficient (Wildman–Crippen LogP) is 0.993. The normalized spacial score (nSPS) is 18.1. The van der Waals surface area contributed by atoms with Crippen LogP contribution in [0.25, 0.3) is 0 Å². The molecule has 0 amide bonds. The Morgan fingerprint density at radius 3 is 2.71 bits per heavy atom. The highest BCUT2D eigenvalue weighted by atomic mass is 16.6. The Bertz CT molecular complexity index is 164. The minimum atomic E-state index is -0.104. The molecule has 1 fully saturated rings.